The number of hydrogen-bond donors (Lipinski definition) is 2. The molecule has 2 rings (SSSR count). The van der Waals surface area contributed by atoms with Gasteiger partial charge in [-0.15, -0.1) is 0 Å². The smallest absolute Gasteiger partial charge is 0.231 e. The van der Waals surface area contributed by atoms with Crippen molar-refractivity contribution in [2.24, 2.45) is 5.41 Å². The van der Waals surface area contributed by atoms with Crippen molar-refractivity contribution in [3.05, 3.63) is 28.2 Å². The van der Waals surface area contributed by atoms with Crippen LogP contribution in [0, 0.1) is 12.3 Å². The number of benzene rings is 1. The third-order valence-corrected chi connectivity index (χ3v) is 4.66. The maximum Gasteiger partial charge on any atom is 0.231 e. The van der Waals surface area contributed by atoms with E-state index in [2.05, 4.69) is 33.5 Å². The summed E-state index contributed by atoms with van der Waals surface area (Å²) in [4.78, 5) is 12.6. The van der Waals surface area contributed by atoms with Gasteiger partial charge in [0, 0.05) is 11.0 Å². The maximum atomic E-state index is 12.6. The second-order valence-electron chi connectivity index (χ2n) is 5.35. The number of piperidine rings is 1. The van der Waals surface area contributed by atoms with Gasteiger partial charge in [-0.2, -0.15) is 0 Å². The summed E-state index contributed by atoms with van der Waals surface area (Å²) in [5.41, 5.74) is 1.77. The van der Waals surface area contributed by atoms with Crippen molar-refractivity contribution in [1.29, 1.82) is 0 Å². The fourth-order valence-electron chi connectivity index (χ4n) is 2.60. The molecule has 19 heavy (non-hydrogen) atoms. The van der Waals surface area contributed by atoms with Gasteiger partial charge in [0.2, 0.25) is 5.91 Å². The molecule has 1 saturated heterocycles. The van der Waals surface area contributed by atoms with Crippen LogP contribution in [0.4, 0.5) is 5.69 Å². The molecule has 1 aromatic rings. The predicted molar refractivity (Wildman–Crippen MR) is 82.3 cm³/mol. The zero-order valence-electron chi connectivity index (χ0n) is 11.6. The molecular weight excluding hydrogens is 304 g/mol. The van der Waals surface area contributed by atoms with Crippen molar-refractivity contribution in [2.75, 3.05) is 18.4 Å². The van der Waals surface area contributed by atoms with Crippen LogP contribution in [0.3, 0.4) is 0 Å². The molecule has 1 aliphatic rings. The summed E-state index contributed by atoms with van der Waals surface area (Å²) in [5, 5.41) is 6.42. The molecular formula is C15H21BrN2O. The minimum atomic E-state index is -0.261. The van der Waals surface area contributed by atoms with Crippen LogP contribution in [0.15, 0.2) is 22.7 Å². The number of halogens is 1. The quantitative estimate of drug-likeness (QED) is 0.893. The largest absolute Gasteiger partial charge is 0.325 e. The number of rotatable bonds is 3. The van der Waals surface area contributed by atoms with E-state index in [1.54, 1.807) is 0 Å². The number of carbonyl (C=O) groups excluding carboxylic acids is 1. The highest BCUT2D eigenvalue weighted by molar-refractivity contribution is 9.10. The van der Waals surface area contributed by atoms with Gasteiger partial charge in [-0.05, 0) is 66.4 Å². The summed E-state index contributed by atoms with van der Waals surface area (Å²) in [7, 11) is 0. The van der Waals surface area contributed by atoms with E-state index in [4.69, 9.17) is 0 Å². The first kappa shape index (κ1) is 14.5. The Morgan fingerprint density at radius 1 is 1.53 bits per heavy atom. The number of aryl methyl sites for hydroxylation is 1. The van der Waals surface area contributed by atoms with Crippen molar-refractivity contribution >= 4 is 27.5 Å². The van der Waals surface area contributed by atoms with Gasteiger partial charge in [0.15, 0.2) is 0 Å². The third-order valence-electron chi connectivity index (χ3n) is 4.00. The Kier molecular flexibility index (Phi) is 4.63. The van der Waals surface area contributed by atoms with E-state index in [1.807, 2.05) is 25.1 Å². The average Bonchev–Trinajstić information content (AvgIpc) is 2.42. The molecule has 0 saturated carbocycles. The Balaban J connectivity index is 2.15. The standard InChI is InChI=1S/C15H21BrN2O/c1-3-15(7-4-8-17-10-15)14(19)18-13-6-5-11(2)9-12(13)16/h5-6,9,17H,3-4,7-8,10H2,1-2H3,(H,18,19). The highest BCUT2D eigenvalue weighted by Crippen LogP contribution is 2.33. The summed E-state index contributed by atoms with van der Waals surface area (Å²) in [6.07, 6.45) is 2.90. The second kappa shape index (κ2) is 6.06. The van der Waals surface area contributed by atoms with E-state index in [0.29, 0.717) is 0 Å². The molecule has 0 aromatic heterocycles. The lowest BCUT2D eigenvalue weighted by Gasteiger charge is -2.35. The van der Waals surface area contributed by atoms with Gasteiger partial charge < -0.3 is 10.6 Å². The lowest BCUT2D eigenvalue weighted by molar-refractivity contribution is -0.126. The number of hydrogen-bond acceptors (Lipinski definition) is 2. The Morgan fingerprint density at radius 2 is 2.32 bits per heavy atom. The molecule has 104 valence electrons. The number of nitrogens with one attached hydrogen (secondary N) is 2. The molecule has 1 unspecified atom stereocenters. The predicted octanol–water partition coefficient (Wildman–Crippen LogP) is 3.48. The molecule has 1 fully saturated rings. The Labute approximate surface area is 123 Å². The highest BCUT2D eigenvalue weighted by atomic mass is 79.9. The van der Waals surface area contributed by atoms with Crippen LogP contribution >= 0.6 is 15.9 Å². The molecule has 0 spiro atoms. The second-order valence-corrected chi connectivity index (χ2v) is 6.21. The summed E-state index contributed by atoms with van der Waals surface area (Å²) in [5.74, 6) is 0.131. The Morgan fingerprint density at radius 3 is 2.89 bits per heavy atom. The normalized spacial score (nSPS) is 23.1. The number of anilines is 1. The summed E-state index contributed by atoms with van der Waals surface area (Å²) >= 11 is 3.51. The van der Waals surface area contributed by atoms with E-state index in [1.165, 1.54) is 5.56 Å². The van der Waals surface area contributed by atoms with Gasteiger partial charge in [0.05, 0.1) is 11.1 Å². The molecule has 1 aliphatic heterocycles. The molecule has 1 heterocycles. The number of amides is 1. The molecule has 3 nitrogen and oxygen atoms in total. The molecule has 1 atom stereocenters. The molecule has 0 bridgehead atoms. The molecule has 1 amide bonds. The first-order valence-corrected chi connectivity index (χ1v) is 7.65. The van der Waals surface area contributed by atoms with E-state index in [0.717, 1.165) is 42.5 Å². The maximum absolute atomic E-state index is 12.6. The minimum absolute atomic E-state index is 0.131. The van der Waals surface area contributed by atoms with Crippen LogP contribution in [0.2, 0.25) is 0 Å². The van der Waals surface area contributed by atoms with E-state index >= 15 is 0 Å². The Hall–Kier alpha value is -0.870. The molecule has 4 heteroatoms. The van der Waals surface area contributed by atoms with E-state index < -0.39 is 0 Å². The average molecular weight is 325 g/mol. The summed E-state index contributed by atoms with van der Waals surface area (Å²) in [6, 6.07) is 5.99. The van der Waals surface area contributed by atoms with Crippen LogP contribution < -0.4 is 10.6 Å². The Bertz CT molecular complexity index is 467. The van der Waals surface area contributed by atoms with Crippen LogP contribution in [0.25, 0.3) is 0 Å². The fraction of sp³-hybridized carbons (Fsp3) is 0.533. The van der Waals surface area contributed by atoms with Crippen LogP contribution in [-0.2, 0) is 4.79 Å². The third kappa shape index (κ3) is 3.18. The van der Waals surface area contributed by atoms with Gasteiger partial charge in [-0.3, -0.25) is 4.79 Å². The lowest BCUT2D eigenvalue weighted by atomic mass is 9.77. The highest BCUT2D eigenvalue weighted by Gasteiger charge is 2.37. The van der Waals surface area contributed by atoms with Gasteiger partial charge in [0.25, 0.3) is 0 Å². The fourth-order valence-corrected chi connectivity index (χ4v) is 3.19. The van der Waals surface area contributed by atoms with Crippen molar-refractivity contribution in [1.82, 2.24) is 5.32 Å². The number of carbonyl (C=O) groups is 1. The zero-order chi connectivity index (χ0) is 13.9. The minimum Gasteiger partial charge on any atom is -0.325 e. The molecule has 1 aromatic carbocycles. The molecule has 0 aliphatic carbocycles. The van der Waals surface area contributed by atoms with Gasteiger partial charge in [-0.25, -0.2) is 0 Å². The van der Waals surface area contributed by atoms with Crippen LogP contribution in [-0.4, -0.2) is 19.0 Å². The van der Waals surface area contributed by atoms with Gasteiger partial charge in [-0.1, -0.05) is 13.0 Å². The topological polar surface area (TPSA) is 41.1 Å². The summed E-state index contributed by atoms with van der Waals surface area (Å²) < 4.78 is 0.941. The SMILES string of the molecule is CCC1(C(=O)Nc2ccc(C)cc2Br)CCCNC1. The monoisotopic (exact) mass is 324 g/mol. The molecule has 2 N–H and O–H groups in total. The van der Waals surface area contributed by atoms with Crippen molar-refractivity contribution in [3.8, 4) is 0 Å². The van der Waals surface area contributed by atoms with Crippen molar-refractivity contribution in [3.63, 3.8) is 0 Å². The van der Waals surface area contributed by atoms with Crippen molar-refractivity contribution < 1.29 is 4.79 Å². The van der Waals surface area contributed by atoms with E-state index in [9.17, 15) is 4.79 Å². The van der Waals surface area contributed by atoms with Crippen molar-refractivity contribution in [2.45, 2.75) is 33.1 Å². The molecule has 0 radical (unpaired) electrons. The lowest BCUT2D eigenvalue weighted by Crippen LogP contribution is -2.47. The van der Waals surface area contributed by atoms with Crippen LogP contribution in [0.1, 0.15) is 31.7 Å². The van der Waals surface area contributed by atoms with Gasteiger partial charge >= 0.3 is 0 Å². The summed E-state index contributed by atoms with van der Waals surface area (Å²) in [6.45, 7) is 5.92. The first-order valence-electron chi connectivity index (χ1n) is 6.86. The zero-order valence-corrected chi connectivity index (χ0v) is 13.1. The van der Waals surface area contributed by atoms with Gasteiger partial charge in [0.1, 0.15) is 0 Å². The first-order chi connectivity index (χ1) is 9.07. The van der Waals surface area contributed by atoms with Crippen LogP contribution in [0.5, 0.6) is 0 Å². The van der Waals surface area contributed by atoms with E-state index in [-0.39, 0.29) is 11.3 Å².